The number of anilines is 3. The van der Waals surface area contributed by atoms with Gasteiger partial charge in [0.15, 0.2) is 0 Å². The molecule has 0 spiro atoms. The van der Waals surface area contributed by atoms with E-state index in [1.807, 2.05) is 19.0 Å². The third kappa shape index (κ3) is 6.91. The molecule has 0 fully saturated rings. The van der Waals surface area contributed by atoms with Crippen molar-refractivity contribution in [2.24, 2.45) is 21.1 Å². The summed E-state index contributed by atoms with van der Waals surface area (Å²) < 4.78 is 18.4. The van der Waals surface area contributed by atoms with Gasteiger partial charge in [0.1, 0.15) is 27.8 Å². The smallest absolute Gasteiger partial charge is 0.272 e. The lowest BCUT2D eigenvalue weighted by atomic mass is 10.3. The zero-order valence-electron chi connectivity index (χ0n) is 23.2. The van der Waals surface area contributed by atoms with E-state index in [-0.39, 0.29) is 22.2 Å². The molecule has 0 aliphatic carbocycles. The topological polar surface area (TPSA) is 134 Å². The Bertz CT molecular complexity index is 1610. The monoisotopic (exact) mass is 582 g/mol. The van der Waals surface area contributed by atoms with Gasteiger partial charge in [0.2, 0.25) is 0 Å². The number of hydrogen-bond donors (Lipinski definition) is 4. The highest BCUT2D eigenvalue weighted by Crippen LogP contribution is 2.21. The number of likely N-dealkylation sites (N-methyl/N-ethyl adjacent to an activating group) is 1. The van der Waals surface area contributed by atoms with Crippen molar-refractivity contribution in [3.05, 3.63) is 76.0 Å². The first kappa shape index (κ1) is 29.3. The van der Waals surface area contributed by atoms with Crippen molar-refractivity contribution >= 4 is 52.0 Å². The molecule has 4 heterocycles. The summed E-state index contributed by atoms with van der Waals surface area (Å²) in [6, 6.07) is 5.80. The molecule has 4 aromatic heterocycles. The van der Waals surface area contributed by atoms with Crippen LogP contribution in [0.4, 0.5) is 21.5 Å². The number of aryl methyl sites for hydroxylation is 3. The van der Waals surface area contributed by atoms with Gasteiger partial charge in [0.05, 0.1) is 17.1 Å². The number of carbonyl (C=O) groups is 4. The SMILES string of the molecule is CN(C)CCNC(=O)c1cc(NC(=O)c2cc(NC(=O)c3cc(NC(=O)c4sccc4F)cn3C)cn2C)cn1C. The number of nitrogens with one attached hydrogen (secondary N) is 4. The van der Waals surface area contributed by atoms with Gasteiger partial charge in [0, 0.05) is 52.8 Å². The molecule has 41 heavy (non-hydrogen) atoms. The molecule has 0 aromatic carbocycles. The second kappa shape index (κ2) is 12.2. The van der Waals surface area contributed by atoms with Gasteiger partial charge in [-0.25, -0.2) is 4.39 Å². The van der Waals surface area contributed by atoms with Crippen molar-refractivity contribution in [1.29, 1.82) is 0 Å². The van der Waals surface area contributed by atoms with Crippen LogP contribution in [0.2, 0.25) is 0 Å². The lowest BCUT2D eigenvalue weighted by Gasteiger charge is -2.10. The van der Waals surface area contributed by atoms with Crippen LogP contribution >= 0.6 is 11.3 Å². The number of aromatic nitrogens is 3. The molecule has 0 radical (unpaired) electrons. The standard InChI is InChI=1S/C27H31FN8O4S/c1-33(2)8-7-29-24(37)20-10-16(13-34(20)3)30-25(38)21-11-17(14-35(21)4)31-26(39)22-12-18(15-36(22)5)32-27(40)23-19(28)6-9-41-23/h6,9-15H,7-8H2,1-5H3,(H,29,37)(H,30,38)(H,31,39)(H,32,40). The van der Waals surface area contributed by atoms with E-state index in [2.05, 4.69) is 21.3 Å². The molecule has 0 aliphatic rings. The van der Waals surface area contributed by atoms with Crippen LogP contribution in [0.5, 0.6) is 0 Å². The van der Waals surface area contributed by atoms with E-state index < -0.39 is 23.5 Å². The Morgan fingerprint density at radius 2 is 1.20 bits per heavy atom. The van der Waals surface area contributed by atoms with E-state index in [1.54, 1.807) is 54.9 Å². The first-order valence-corrected chi connectivity index (χ1v) is 13.4. The molecular formula is C27H31FN8O4S. The van der Waals surface area contributed by atoms with Crippen molar-refractivity contribution < 1.29 is 23.6 Å². The number of rotatable bonds is 10. The summed E-state index contributed by atoms with van der Waals surface area (Å²) in [5.41, 5.74) is 2.07. The maximum absolute atomic E-state index is 13.7. The van der Waals surface area contributed by atoms with Crippen LogP contribution in [0.1, 0.15) is 41.1 Å². The van der Waals surface area contributed by atoms with Crippen LogP contribution in [0, 0.1) is 5.82 Å². The molecule has 0 bridgehead atoms. The summed E-state index contributed by atoms with van der Waals surface area (Å²) in [5.74, 6) is -2.37. The molecule has 0 aliphatic heterocycles. The zero-order valence-corrected chi connectivity index (χ0v) is 24.1. The Morgan fingerprint density at radius 1 is 0.756 bits per heavy atom. The summed E-state index contributed by atoms with van der Waals surface area (Å²) in [7, 11) is 8.85. The minimum atomic E-state index is -0.612. The average molecular weight is 583 g/mol. The minimum absolute atomic E-state index is 0.0510. The molecular weight excluding hydrogens is 551 g/mol. The molecule has 0 saturated carbocycles. The highest BCUT2D eigenvalue weighted by Gasteiger charge is 2.20. The van der Waals surface area contributed by atoms with Gasteiger partial charge in [0.25, 0.3) is 23.6 Å². The molecule has 0 saturated heterocycles. The Hall–Kier alpha value is -4.69. The second-order valence-electron chi connectivity index (χ2n) is 9.69. The predicted molar refractivity (Wildman–Crippen MR) is 155 cm³/mol. The molecule has 14 heteroatoms. The lowest BCUT2D eigenvalue weighted by Crippen LogP contribution is -2.32. The van der Waals surface area contributed by atoms with E-state index in [1.165, 1.54) is 28.1 Å². The highest BCUT2D eigenvalue weighted by molar-refractivity contribution is 7.12. The van der Waals surface area contributed by atoms with Crippen molar-refractivity contribution in [2.75, 3.05) is 43.1 Å². The quantitative estimate of drug-likeness (QED) is 0.228. The maximum atomic E-state index is 13.7. The first-order chi connectivity index (χ1) is 19.4. The summed E-state index contributed by atoms with van der Waals surface area (Å²) >= 11 is 0.980. The van der Waals surface area contributed by atoms with E-state index in [0.29, 0.717) is 35.8 Å². The van der Waals surface area contributed by atoms with Crippen LogP contribution in [-0.4, -0.2) is 69.4 Å². The fourth-order valence-corrected chi connectivity index (χ4v) is 4.76. The third-order valence-corrected chi connectivity index (χ3v) is 7.04. The van der Waals surface area contributed by atoms with Crippen LogP contribution < -0.4 is 21.3 Å². The third-order valence-electron chi connectivity index (χ3n) is 6.15. The Labute approximate surface area is 239 Å². The minimum Gasteiger partial charge on any atom is -0.349 e. The van der Waals surface area contributed by atoms with Gasteiger partial charge in [-0.05, 0) is 43.7 Å². The number of carbonyl (C=O) groups excluding carboxylic acids is 4. The Morgan fingerprint density at radius 3 is 1.61 bits per heavy atom. The predicted octanol–water partition coefficient (Wildman–Crippen LogP) is 2.95. The average Bonchev–Trinajstić information content (AvgIpc) is 3.66. The van der Waals surface area contributed by atoms with Gasteiger partial charge in [-0.3, -0.25) is 19.2 Å². The van der Waals surface area contributed by atoms with Gasteiger partial charge in [-0.15, -0.1) is 11.3 Å². The summed E-state index contributed by atoms with van der Waals surface area (Å²) in [5, 5.41) is 12.4. The number of halogens is 1. The number of hydrogen-bond acceptors (Lipinski definition) is 6. The number of amides is 4. The van der Waals surface area contributed by atoms with E-state index in [9.17, 15) is 23.6 Å². The number of nitrogens with zero attached hydrogens (tertiary/aromatic N) is 4. The van der Waals surface area contributed by atoms with Gasteiger partial charge < -0.3 is 39.9 Å². The fraction of sp³-hybridized carbons (Fsp3) is 0.259. The molecule has 0 atom stereocenters. The maximum Gasteiger partial charge on any atom is 0.272 e. The fourth-order valence-electron chi connectivity index (χ4n) is 4.09. The summed E-state index contributed by atoms with van der Waals surface area (Å²) in [6.45, 7) is 1.19. The van der Waals surface area contributed by atoms with Crippen LogP contribution in [-0.2, 0) is 21.1 Å². The summed E-state index contributed by atoms with van der Waals surface area (Å²) in [6.07, 6.45) is 4.77. The van der Waals surface area contributed by atoms with Crippen molar-refractivity contribution in [1.82, 2.24) is 23.9 Å². The van der Waals surface area contributed by atoms with Crippen LogP contribution in [0.15, 0.2) is 48.2 Å². The largest absolute Gasteiger partial charge is 0.349 e. The normalized spacial score (nSPS) is 11.0. The van der Waals surface area contributed by atoms with Crippen LogP contribution in [0.3, 0.4) is 0 Å². The summed E-state index contributed by atoms with van der Waals surface area (Å²) in [4.78, 5) is 52.7. The Kier molecular flexibility index (Phi) is 8.74. The van der Waals surface area contributed by atoms with Gasteiger partial charge in [-0.2, -0.15) is 0 Å². The van der Waals surface area contributed by atoms with Crippen molar-refractivity contribution in [3.63, 3.8) is 0 Å². The van der Waals surface area contributed by atoms with Gasteiger partial charge >= 0.3 is 0 Å². The van der Waals surface area contributed by atoms with Crippen molar-refractivity contribution in [2.45, 2.75) is 0 Å². The second-order valence-corrected chi connectivity index (χ2v) is 10.6. The highest BCUT2D eigenvalue weighted by atomic mass is 32.1. The molecule has 4 amide bonds. The molecule has 4 rings (SSSR count). The molecule has 12 nitrogen and oxygen atoms in total. The molecule has 216 valence electrons. The van der Waals surface area contributed by atoms with E-state index in [4.69, 9.17) is 0 Å². The molecule has 4 aromatic rings. The Balaban J connectivity index is 1.39. The first-order valence-electron chi connectivity index (χ1n) is 12.5. The van der Waals surface area contributed by atoms with Crippen molar-refractivity contribution in [3.8, 4) is 0 Å². The van der Waals surface area contributed by atoms with Crippen LogP contribution in [0.25, 0.3) is 0 Å². The van der Waals surface area contributed by atoms with Gasteiger partial charge in [-0.1, -0.05) is 0 Å². The molecule has 4 N–H and O–H groups in total. The zero-order chi connectivity index (χ0) is 29.8. The number of thiophene rings is 1. The lowest BCUT2D eigenvalue weighted by molar-refractivity contribution is 0.0940. The molecule has 0 unspecified atom stereocenters. The van der Waals surface area contributed by atoms with E-state index in [0.717, 1.165) is 11.3 Å². The van der Waals surface area contributed by atoms with E-state index >= 15 is 0 Å².